The highest BCUT2D eigenvalue weighted by molar-refractivity contribution is 6.39. The van der Waals surface area contributed by atoms with Crippen LogP contribution in [-0.4, -0.2) is 67.6 Å². The molecule has 0 spiro atoms. The summed E-state index contributed by atoms with van der Waals surface area (Å²) in [5, 5.41) is 9.58. The van der Waals surface area contributed by atoms with Crippen molar-refractivity contribution in [3.63, 3.8) is 0 Å². The third-order valence-electron chi connectivity index (χ3n) is 5.38. The molecule has 1 aromatic carbocycles. The van der Waals surface area contributed by atoms with Crippen LogP contribution in [0, 0.1) is 0 Å². The standard InChI is InChI=1S/C23H34N4O5/c1-23(2,3)31-22(29)25-14-18-13-19(26-32-18)21(28)24-15-20(27-10-5-6-11-27)16-8-7-9-17(12-16)30-4/h7-9,12,18,20H,5-6,10-11,13-15H2,1-4H3,(H,24,28)(H,25,29)/t18-,20+/m1/s1. The van der Waals surface area contributed by atoms with Crippen molar-refractivity contribution in [1.29, 1.82) is 0 Å². The van der Waals surface area contributed by atoms with E-state index < -0.39 is 17.8 Å². The third-order valence-corrected chi connectivity index (χ3v) is 5.38. The summed E-state index contributed by atoms with van der Waals surface area (Å²) in [4.78, 5) is 32.2. The molecule has 2 atom stereocenters. The lowest BCUT2D eigenvalue weighted by Crippen LogP contribution is -2.40. The van der Waals surface area contributed by atoms with Crippen molar-refractivity contribution in [2.45, 2.75) is 57.8 Å². The average molecular weight is 447 g/mol. The van der Waals surface area contributed by atoms with Gasteiger partial charge in [-0.15, -0.1) is 0 Å². The quantitative estimate of drug-likeness (QED) is 0.637. The molecule has 9 heteroatoms. The Morgan fingerprint density at radius 3 is 2.69 bits per heavy atom. The van der Waals surface area contributed by atoms with Crippen LogP contribution in [0.5, 0.6) is 5.75 Å². The minimum absolute atomic E-state index is 0.0594. The number of methoxy groups -OCH3 is 1. The van der Waals surface area contributed by atoms with Crippen LogP contribution in [-0.2, 0) is 14.4 Å². The van der Waals surface area contributed by atoms with Crippen LogP contribution >= 0.6 is 0 Å². The molecule has 1 saturated heterocycles. The van der Waals surface area contributed by atoms with E-state index in [1.54, 1.807) is 27.9 Å². The van der Waals surface area contributed by atoms with Crippen molar-refractivity contribution in [3.8, 4) is 5.75 Å². The van der Waals surface area contributed by atoms with E-state index in [1.165, 1.54) is 0 Å². The fourth-order valence-corrected chi connectivity index (χ4v) is 3.83. The summed E-state index contributed by atoms with van der Waals surface area (Å²) in [6, 6.07) is 8.02. The molecule has 176 valence electrons. The second-order valence-corrected chi connectivity index (χ2v) is 9.10. The first-order chi connectivity index (χ1) is 15.2. The van der Waals surface area contributed by atoms with E-state index in [0.717, 1.165) is 37.2 Å². The molecule has 0 unspecified atom stereocenters. The van der Waals surface area contributed by atoms with Crippen LogP contribution in [0.1, 0.15) is 51.6 Å². The predicted molar refractivity (Wildman–Crippen MR) is 121 cm³/mol. The second-order valence-electron chi connectivity index (χ2n) is 9.10. The Balaban J connectivity index is 1.51. The maximum absolute atomic E-state index is 12.7. The zero-order valence-electron chi connectivity index (χ0n) is 19.3. The van der Waals surface area contributed by atoms with Gasteiger partial charge in [-0.05, 0) is 64.4 Å². The van der Waals surface area contributed by atoms with Crippen LogP contribution in [0.25, 0.3) is 0 Å². The van der Waals surface area contributed by atoms with Crippen LogP contribution in [0.3, 0.4) is 0 Å². The monoisotopic (exact) mass is 446 g/mol. The molecule has 0 bridgehead atoms. The molecular weight excluding hydrogens is 412 g/mol. The van der Waals surface area contributed by atoms with E-state index in [2.05, 4.69) is 26.8 Å². The first-order valence-electron chi connectivity index (χ1n) is 11.1. The molecule has 2 N–H and O–H groups in total. The largest absolute Gasteiger partial charge is 0.497 e. The Kier molecular flexibility index (Phi) is 7.95. The molecule has 0 aromatic heterocycles. The number of rotatable bonds is 8. The number of likely N-dealkylation sites (tertiary alicyclic amines) is 1. The number of carbonyl (C=O) groups excluding carboxylic acids is 2. The first-order valence-corrected chi connectivity index (χ1v) is 11.1. The predicted octanol–water partition coefficient (Wildman–Crippen LogP) is 2.62. The van der Waals surface area contributed by atoms with Gasteiger partial charge < -0.3 is 24.9 Å². The Bertz CT molecular complexity index is 830. The van der Waals surface area contributed by atoms with Gasteiger partial charge in [0.2, 0.25) is 0 Å². The summed E-state index contributed by atoms with van der Waals surface area (Å²) in [5.74, 6) is 0.545. The van der Waals surface area contributed by atoms with E-state index in [1.807, 2.05) is 18.2 Å². The van der Waals surface area contributed by atoms with Gasteiger partial charge in [0.15, 0.2) is 6.10 Å². The van der Waals surface area contributed by atoms with Gasteiger partial charge in [0, 0.05) is 13.0 Å². The normalized spacial score (nSPS) is 19.6. The molecule has 1 aromatic rings. The second kappa shape index (κ2) is 10.7. The van der Waals surface area contributed by atoms with E-state index in [9.17, 15) is 9.59 Å². The van der Waals surface area contributed by atoms with Crippen molar-refractivity contribution in [2.24, 2.45) is 5.16 Å². The number of benzene rings is 1. The maximum Gasteiger partial charge on any atom is 0.407 e. The van der Waals surface area contributed by atoms with E-state index in [0.29, 0.717) is 18.7 Å². The summed E-state index contributed by atoms with van der Waals surface area (Å²) in [6.07, 6.45) is 1.72. The molecule has 3 rings (SSSR count). The molecule has 9 nitrogen and oxygen atoms in total. The average Bonchev–Trinajstić information content (AvgIpc) is 3.44. The zero-order valence-corrected chi connectivity index (χ0v) is 19.3. The van der Waals surface area contributed by atoms with Crippen LogP contribution in [0.4, 0.5) is 4.79 Å². The minimum atomic E-state index is -0.573. The maximum atomic E-state index is 12.7. The smallest absolute Gasteiger partial charge is 0.407 e. The van der Waals surface area contributed by atoms with Gasteiger partial charge in [-0.25, -0.2) is 4.79 Å². The number of hydrogen-bond acceptors (Lipinski definition) is 7. The fraction of sp³-hybridized carbons (Fsp3) is 0.609. The highest BCUT2D eigenvalue weighted by Crippen LogP contribution is 2.27. The molecule has 2 amide bonds. The summed E-state index contributed by atoms with van der Waals surface area (Å²) >= 11 is 0. The van der Waals surface area contributed by atoms with Crippen molar-refractivity contribution in [3.05, 3.63) is 29.8 Å². The Morgan fingerprint density at radius 1 is 1.25 bits per heavy atom. The number of ether oxygens (including phenoxy) is 2. The number of nitrogens with one attached hydrogen (secondary N) is 2. The number of nitrogens with zero attached hydrogens (tertiary/aromatic N) is 2. The highest BCUT2D eigenvalue weighted by Gasteiger charge is 2.29. The number of amides is 2. The van der Waals surface area contributed by atoms with Gasteiger partial charge in [-0.3, -0.25) is 9.69 Å². The molecule has 2 heterocycles. The topological polar surface area (TPSA) is 101 Å². The van der Waals surface area contributed by atoms with Crippen LogP contribution < -0.4 is 15.4 Å². The van der Waals surface area contributed by atoms with E-state index >= 15 is 0 Å². The van der Waals surface area contributed by atoms with E-state index in [-0.39, 0.29) is 18.5 Å². The third kappa shape index (κ3) is 6.85. The lowest BCUT2D eigenvalue weighted by molar-refractivity contribution is -0.115. The Labute approximate surface area is 189 Å². The van der Waals surface area contributed by atoms with Gasteiger partial charge in [0.05, 0.1) is 19.7 Å². The van der Waals surface area contributed by atoms with E-state index in [4.69, 9.17) is 14.3 Å². The number of hydrogen-bond donors (Lipinski definition) is 2. The molecule has 0 aliphatic carbocycles. The minimum Gasteiger partial charge on any atom is -0.497 e. The number of oxime groups is 1. The lowest BCUT2D eigenvalue weighted by atomic mass is 10.0. The molecule has 2 aliphatic heterocycles. The summed E-state index contributed by atoms with van der Waals surface area (Å²) in [5.41, 5.74) is 0.860. The molecule has 0 saturated carbocycles. The van der Waals surface area contributed by atoms with Gasteiger partial charge >= 0.3 is 6.09 Å². The fourth-order valence-electron chi connectivity index (χ4n) is 3.83. The first kappa shape index (κ1) is 23.8. The SMILES string of the molecule is COc1cccc([C@H](CNC(=O)C2=NO[C@@H](CNC(=O)OC(C)(C)C)C2)N2CCCC2)c1. The molecular formula is C23H34N4O5. The van der Waals surface area contributed by atoms with Crippen molar-refractivity contribution >= 4 is 17.7 Å². The Hall–Kier alpha value is -2.81. The van der Waals surface area contributed by atoms with Gasteiger partial charge in [0.25, 0.3) is 5.91 Å². The summed E-state index contributed by atoms with van der Waals surface area (Å²) < 4.78 is 10.6. The number of carbonyl (C=O) groups is 2. The summed E-state index contributed by atoms with van der Waals surface area (Å²) in [7, 11) is 1.65. The Morgan fingerprint density at radius 2 is 2.00 bits per heavy atom. The van der Waals surface area contributed by atoms with Crippen molar-refractivity contribution < 1.29 is 23.9 Å². The highest BCUT2D eigenvalue weighted by atomic mass is 16.6. The zero-order chi connectivity index (χ0) is 23.1. The summed E-state index contributed by atoms with van der Waals surface area (Å²) in [6.45, 7) is 8.07. The number of alkyl carbamates (subject to hydrolysis) is 1. The molecule has 0 radical (unpaired) electrons. The molecule has 2 aliphatic rings. The van der Waals surface area contributed by atoms with Gasteiger partial charge in [-0.1, -0.05) is 17.3 Å². The molecule has 1 fully saturated rings. The lowest BCUT2D eigenvalue weighted by Gasteiger charge is -2.28. The molecule has 32 heavy (non-hydrogen) atoms. The van der Waals surface area contributed by atoms with Gasteiger partial charge in [-0.2, -0.15) is 0 Å². The van der Waals surface area contributed by atoms with Crippen LogP contribution in [0.15, 0.2) is 29.4 Å². The van der Waals surface area contributed by atoms with Gasteiger partial charge in [0.1, 0.15) is 17.1 Å². The van der Waals surface area contributed by atoms with Crippen molar-refractivity contribution in [1.82, 2.24) is 15.5 Å². The van der Waals surface area contributed by atoms with Crippen molar-refractivity contribution in [2.75, 3.05) is 33.3 Å². The van der Waals surface area contributed by atoms with Crippen LogP contribution in [0.2, 0.25) is 0 Å².